The van der Waals surface area contributed by atoms with Gasteiger partial charge in [0, 0.05) is 31.1 Å². The lowest BCUT2D eigenvalue weighted by Crippen LogP contribution is -2.49. The van der Waals surface area contributed by atoms with Gasteiger partial charge in [-0.15, -0.1) is 0 Å². The predicted molar refractivity (Wildman–Crippen MR) is 186 cm³/mol. The number of carbonyl (C=O) groups excluding carboxylic acids is 2. The number of rotatable bonds is 11. The van der Waals surface area contributed by atoms with Gasteiger partial charge in [0.05, 0.1) is 40.2 Å². The number of nitrogens with two attached hydrogens (primary N) is 1. The molecule has 0 bridgehead atoms. The number of nitrogens with one attached hydrogen (secondary N) is 2. The van der Waals surface area contributed by atoms with Crippen LogP contribution in [0.5, 0.6) is 5.75 Å². The molecule has 0 unspecified atom stereocenters. The Labute approximate surface area is 281 Å². The van der Waals surface area contributed by atoms with Crippen LogP contribution >= 0.6 is 0 Å². The summed E-state index contributed by atoms with van der Waals surface area (Å²) in [5, 5.41) is 12.8. The molecule has 1 heterocycles. The van der Waals surface area contributed by atoms with Crippen LogP contribution in [0.3, 0.4) is 0 Å². The predicted octanol–water partition coefficient (Wildman–Crippen LogP) is 4.67. The molecule has 0 radical (unpaired) electrons. The van der Waals surface area contributed by atoms with Crippen molar-refractivity contribution in [3.63, 3.8) is 0 Å². The minimum absolute atomic E-state index is 0.0765. The normalized spacial score (nSPS) is 17.1. The average molecular weight is 672 g/mol. The summed E-state index contributed by atoms with van der Waals surface area (Å²) in [5.74, 6) is -0.673. The van der Waals surface area contributed by atoms with Crippen LogP contribution in [0.2, 0.25) is 0 Å². The van der Waals surface area contributed by atoms with E-state index in [1.54, 1.807) is 84.6 Å². The molecule has 0 saturated heterocycles. The largest absolute Gasteiger partial charge is 0.486 e. The molecule has 2 amide bonds. The highest BCUT2D eigenvalue weighted by molar-refractivity contribution is 7.92. The first-order chi connectivity index (χ1) is 23.0. The molecule has 1 aliphatic heterocycles. The second-order valence-electron chi connectivity index (χ2n) is 12.2. The molecule has 4 aromatic carbocycles. The van der Waals surface area contributed by atoms with Gasteiger partial charge in [0.25, 0.3) is 21.8 Å². The van der Waals surface area contributed by atoms with Gasteiger partial charge in [0.15, 0.2) is 5.75 Å². The van der Waals surface area contributed by atoms with Crippen molar-refractivity contribution >= 4 is 38.9 Å². The quantitative estimate of drug-likeness (QED) is 0.168. The van der Waals surface area contributed by atoms with Crippen LogP contribution in [0, 0.1) is 5.92 Å². The van der Waals surface area contributed by atoms with Crippen LogP contribution in [0.4, 0.5) is 17.1 Å². The standard InChI is InChI=1S/C36H41N5O6S/c1-24-20-41(25(2)23-42)36(44)29-12-9-15-32(39-48(45,46)28-10-5-4-6-11-28)34(29)47-33(24)22-40(3)21-26-16-18-27(19-17-26)35(43)38-31-14-8-7-13-30(31)37/h4-19,24-25,33,39,42H,20-23,37H2,1-3H3,(H,38,43)/t24-,25-,33+/m1/s1. The summed E-state index contributed by atoms with van der Waals surface area (Å²) in [4.78, 5) is 30.4. The molecule has 48 heavy (non-hydrogen) atoms. The maximum absolute atomic E-state index is 13.8. The number of carbonyl (C=O) groups is 2. The van der Waals surface area contributed by atoms with Crippen molar-refractivity contribution in [2.75, 3.05) is 42.5 Å². The molecule has 4 aromatic rings. The Morgan fingerprint density at radius 2 is 1.67 bits per heavy atom. The first-order valence-electron chi connectivity index (χ1n) is 15.7. The van der Waals surface area contributed by atoms with Gasteiger partial charge < -0.3 is 25.8 Å². The summed E-state index contributed by atoms with van der Waals surface area (Å²) in [5.41, 5.74) is 8.80. The number of hydrogen-bond donors (Lipinski definition) is 4. The summed E-state index contributed by atoms with van der Waals surface area (Å²) in [6.07, 6.45) is -0.459. The fourth-order valence-corrected chi connectivity index (χ4v) is 6.68. The lowest BCUT2D eigenvalue weighted by atomic mass is 9.99. The van der Waals surface area contributed by atoms with E-state index in [1.807, 2.05) is 26.1 Å². The highest BCUT2D eigenvalue weighted by atomic mass is 32.2. The van der Waals surface area contributed by atoms with E-state index in [0.717, 1.165) is 5.56 Å². The van der Waals surface area contributed by atoms with E-state index < -0.39 is 22.2 Å². The molecule has 5 N–H and O–H groups in total. The average Bonchev–Trinajstić information content (AvgIpc) is 3.08. The van der Waals surface area contributed by atoms with Crippen molar-refractivity contribution in [1.29, 1.82) is 0 Å². The van der Waals surface area contributed by atoms with Crippen LogP contribution in [0.1, 0.15) is 40.1 Å². The summed E-state index contributed by atoms with van der Waals surface area (Å²) in [6.45, 7) is 4.81. The summed E-state index contributed by atoms with van der Waals surface area (Å²) < 4.78 is 35.8. The van der Waals surface area contributed by atoms with Gasteiger partial charge in [-0.1, -0.05) is 55.5 Å². The highest BCUT2D eigenvalue weighted by Crippen LogP contribution is 2.36. The van der Waals surface area contributed by atoms with Gasteiger partial charge >= 0.3 is 0 Å². The smallest absolute Gasteiger partial charge is 0.262 e. The van der Waals surface area contributed by atoms with Crippen LogP contribution in [-0.2, 0) is 16.6 Å². The monoisotopic (exact) mass is 671 g/mol. The number of benzene rings is 4. The molecule has 1 aliphatic rings. The van der Waals surface area contributed by atoms with Gasteiger partial charge in [-0.25, -0.2) is 8.42 Å². The van der Waals surface area contributed by atoms with Crippen molar-refractivity contribution in [2.24, 2.45) is 5.92 Å². The summed E-state index contributed by atoms with van der Waals surface area (Å²) >= 11 is 0. The zero-order chi connectivity index (χ0) is 34.4. The molecule has 0 saturated carbocycles. The molecule has 0 spiro atoms. The zero-order valence-electron chi connectivity index (χ0n) is 27.2. The molecule has 0 fully saturated rings. The molecule has 252 valence electrons. The molecule has 0 aliphatic carbocycles. The number of fused-ring (bicyclic) bond motifs is 1. The summed E-state index contributed by atoms with van der Waals surface area (Å²) in [6, 6.07) is 26.7. The first-order valence-corrected chi connectivity index (χ1v) is 17.2. The highest BCUT2D eigenvalue weighted by Gasteiger charge is 2.35. The van der Waals surface area contributed by atoms with Gasteiger partial charge in [-0.3, -0.25) is 19.2 Å². The number of aliphatic hydroxyl groups is 1. The van der Waals surface area contributed by atoms with Gasteiger partial charge in [0.2, 0.25) is 0 Å². The number of ether oxygens (including phenoxy) is 1. The molecular formula is C36H41N5O6S. The van der Waals surface area contributed by atoms with Gasteiger partial charge in [-0.05, 0) is 68.1 Å². The SMILES string of the molecule is C[C@@H]1CN([C@H](C)CO)C(=O)c2cccc(NS(=O)(=O)c3ccccc3)c2O[C@H]1CN(C)Cc1ccc(C(=O)Nc2ccccc2N)cc1. The van der Waals surface area contributed by atoms with E-state index in [4.69, 9.17) is 10.5 Å². The molecule has 3 atom stereocenters. The zero-order valence-corrected chi connectivity index (χ0v) is 28.0. The summed E-state index contributed by atoms with van der Waals surface area (Å²) in [7, 11) is -2.04. The number of aliphatic hydroxyl groups excluding tert-OH is 1. The third kappa shape index (κ3) is 7.96. The van der Waals surface area contributed by atoms with Gasteiger partial charge in [0.1, 0.15) is 6.10 Å². The van der Waals surface area contributed by atoms with E-state index in [-0.39, 0.29) is 46.2 Å². The van der Waals surface area contributed by atoms with E-state index in [9.17, 15) is 23.1 Å². The van der Waals surface area contributed by atoms with Crippen LogP contribution in [0.25, 0.3) is 0 Å². The lowest BCUT2D eigenvalue weighted by molar-refractivity contribution is 0.0344. The minimum Gasteiger partial charge on any atom is -0.486 e. The Kier molecular flexibility index (Phi) is 10.7. The van der Waals surface area contributed by atoms with Crippen molar-refractivity contribution in [1.82, 2.24) is 9.80 Å². The fraction of sp³-hybridized carbons (Fsp3) is 0.278. The number of para-hydroxylation sites is 3. The topological polar surface area (TPSA) is 154 Å². The number of anilines is 3. The number of sulfonamides is 1. The van der Waals surface area contributed by atoms with Crippen LogP contribution in [-0.4, -0.2) is 74.0 Å². The Morgan fingerprint density at radius 1 is 1.00 bits per heavy atom. The Bertz CT molecular complexity index is 1850. The third-order valence-corrected chi connectivity index (χ3v) is 9.74. The number of hydrogen-bond acceptors (Lipinski definition) is 8. The minimum atomic E-state index is -3.98. The molecular weight excluding hydrogens is 630 g/mol. The second kappa shape index (κ2) is 14.9. The van der Waals surface area contributed by atoms with Gasteiger partial charge in [-0.2, -0.15) is 0 Å². The number of amides is 2. The maximum Gasteiger partial charge on any atom is 0.262 e. The molecule has 0 aromatic heterocycles. The fourth-order valence-electron chi connectivity index (χ4n) is 5.60. The Hall–Kier alpha value is -4.91. The Balaban J connectivity index is 1.37. The number of nitrogen functional groups attached to an aromatic ring is 1. The van der Waals surface area contributed by atoms with E-state index in [1.165, 1.54) is 12.1 Å². The van der Waals surface area contributed by atoms with Crippen LogP contribution in [0.15, 0.2) is 102 Å². The maximum atomic E-state index is 13.8. The van der Waals surface area contributed by atoms with E-state index in [2.05, 4.69) is 14.9 Å². The molecule has 12 heteroatoms. The first kappa shape index (κ1) is 34.4. The van der Waals surface area contributed by atoms with Crippen molar-refractivity contribution < 1.29 is 27.9 Å². The number of nitrogens with zero attached hydrogens (tertiary/aromatic N) is 2. The van der Waals surface area contributed by atoms with E-state index in [0.29, 0.717) is 36.6 Å². The number of likely N-dealkylation sites (N-methyl/N-ethyl adjacent to an activating group) is 1. The van der Waals surface area contributed by atoms with Crippen molar-refractivity contribution in [3.8, 4) is 5.75 Å². The van der Waals surface area contributed by atoms with E-state index >= 15 is 0 Å². The van der Waals surface area contributed by atoms with Crippen molar-refractivity contribution in [2.45, 2.75) is 37.4 Å². The lowest BCUT2D eigenvalue weighted by Gasteiger charge is -2.38. The third-order valence-electron chi connectivity index (χ3n) is 8.36. The Morgan fingerprint density at radius 3 is 2.35 bits per heavy atom. The second-order valence-corrected chi connectivity index (χ2v) is 13.8. The molecule has 5 rings (SSSR count). The van der Waals surface area contributed by atoms with Crippen molar-refractivity contribution in [3.05, 3.63) is 114 Å². The molecule has 11 nitrogen and oxygen atoms in total. The van der Waals surface area contributed by atoms with Crippen LogP contribution < -0.4 is 20.5 Å².